The van der Waals surface area contributed by atoms with E-state index in [2.05, 4.69) is 0 Å². The monoisotopic (exact) mass is 352 g/mol. The first kappa shape index (κ1) is 18.4. The lowest BCUT2D eigenvalue weighted by molar-refractivity contribution is -0.143. The van der Waals surface area contributed by atoms with Crippen molar-refractivity contribution in [1.29, 1.82) is 0 Å². The lowest BCUT2D eigenvalue weighted by atomic mass is 10.1. The van der Waals surface area contributed by atoms with Crippen LogP contribution in [0, 0.1) is 0 Å². The molecule has 3 nitrogen and oxygen atoms in total. The molecule has 118 valence electrons. The van der Waals surface area contributed by atoms with Crippen LogP contribution in [0.15, 0.2) is 12.1 Å². The Bertz CT molecular complexity index is 464. The molecule has 1 aromatic carbocycles. The fourth-order valence-corrected chi connectivity index (χ4v) is 2.35. The molecule has 0 heterocycles. The van der Waals surface area contributed by atoms with E-state index < -0.39 is 0 Å². The van der Waals surface area contributed by atoms with Gasteiger partial charge in [-0.3, -0.25) is 4.79 Å². The Morgan fingerprint density at radius 2 is 1.67 bits per heavy atom. The fourth-order valence-electron chi connectivity index (χ4n) is 1.76. The number of esters is 1. The second kappa shape index (κ2) is 10.1. The summed E-state index contributed by atoms with van der Waals surface area (Å²) in [6, 6.07) is 3.19. The number of carbonyl (C=O) groups is 1. The third-order valence-electron chi connectivity index (χ3n) is 2.81. The smallest absolute Gasteiger partial charge is 0.305 e. The first-order chi connectivity index (χ1) is 10.0. The van der Waals surface area contributed by atoms with Crippen molar-refractivity contribution >= 4 is 40.8 Å². The molecule has 0 aliphatic heterocycles. The molecular weight excluding hydrogens is 335 g/mol. The number of hydrogen-bond donors (Lipinski definition) is 0. The molecule has 1 rings (SSSR count). The quantitative estimate of drug-likeness (QED) is 0.332. The molecule has 0 amide bonds. The minimum atomic E-state index is -0.128. The molecule has 0 atom stereocenters. The van der Waals surface area contributed by atoms with Gasteiger partial charge in [-0.05, 0) is 25.8 Å². The predicted molar refractivity (Wildman–Crippen MR) is 86.7 cm³/mol. The largest absolute Gasteiger partial charge is 0.492 e. The molecule has 0 bridgehead atoms. The highest BCUT2D eigenvalue weighted by Crippen LogP contribution is 2.33. The molecule has 0 aliphatic rings. The van der Waals surface area contributed by atoms with E-state index in [1.807, 2.05) is 6.92 Å². The molecule has 0 fully saturated rings. The summed E-state index contributed by atoms with van der Waals surface area (Å²) in [7, 11) is 0. The van der Waals surface area contributed by atoms with Crippen LogP contribution in [0.25, 0.3) is 0 Å². The molecule has 0 unspecified atom stereocenters. The van der Waals surface area contributed by atoms with Crippen LogP contribution in [0.4, 0.5) is 0 Å². The minimum Gasteiger partial charge on any atom is -0.492 e. The van der Waals surface area contributed by atoms with Gasteiger partial charge in [-0.1, -0.05) is 47.6 Å². The summed E-state index contributed by atoms with van der Waals surface area (Å²) in [5.41, 5.74) is 0. The third kappa shape index (κ3) is 7.25. The van der Waals surface area contributed by atoms with Crippen LogP contribution in [0.3, 0.4) is 0 Å². The molecule has 6 heteroatoms. The van der Waals surface area contributed by atoms with Crippen molar-refractivity contribution in [3.05, 3.63) is 27.2 Å². The molecule has 0 saturated heterocycles. The summed E-state index contributed by atoms with van der Waals surface area (Å²) >= 11 is 17.8. The van der Waals surface area contributed by atoms with Crippen molar-refractivity contribution in [3.63, 3.8) is 0 Å². The van der Waals surface area contributed by atoms with Crippen molar-refractivity contribution in [2.75, 3.05) is 13.2 Å². The average molecular weight is 354 g/mol. The zero-order chi connectivity index (χ0) is 15.7. The molecule has 0 spiro atoms. The van der Waals surface area contributed by atoms with Crippen molar-refractivity contribution in [2.24, 2.45) is 0 Å². The van der Waals surface area contributed by atoms with E-state index in [1.165, 1.54) is 0 Å². The summed E-state index contributed by atoms with van der Waals surface area (Å²) in [4.78, 5) is 11.1. The number of rotatable bonds is 9. The van der Waals surface area contributed by atoms with Gasteiger partial charge in [-0.25, -0.2) is 0 Å². The van der Waals surface area contributed by atoms with E-state index in [4.69, 9.17) is 44.3 Å². The Morgan fingerprint density at radius 3 is 2.38 bits per heavy atom. The van der Waals surface area contributed by atoms with Gasteiger partial charge in [0.1, 0.15) is 5.75 Å². The zero-order valence-corrected chi connectivity index (χ0v) is 14.2. The Kier molecular flexibility index (Phi) is 8.90. The molecule has 0 N–H and O–H groups in total. The van der Waals surface area contributed by atoms with E-state index in [-0.39, 0.29) is 5.97 Å². The van der Waals surface area contributed by atoms with E-state index in [0.29, 0.717) is 40.5 Å². The first-order valence-corrected chi connectivity index (χ1v) is 8.11. The predicted octanol–water partition coefficient (Wildman–Crippen LogP) is 5.54. The topological polar surface area (TPSA) is 35.5 Å². The van der Waals surface area contributed by atoms with Crippen molar-refractivity contribution < 1.29 is 14.3 Å². The zero-order valence-electron chi connectivity index (χ0n) is 12.0. The van der Waals surface area contributed by atoms with Gasteiger partial charge in [0.05, 0.1) is 28.3 Å². The number of unbranched alkanes of at least 4 members (excludes halogenated alkanes) is 3. The summed E-state index contributed by atoms with van der Waals surface area (Å²) in [6.07, 6.45) is 4.16. The Hall–Kier alpha value is -0.640. The maximum absolute atomic E-state index is 11.1. The molecule has 0 aliphatic carbocycles. The van der Waals surface area contributed by atoms with Gasteiger partial charge in [0.15, 0.2) is 0 Å². The van der Waals surface area contributed by atoms with Crippen LogP contribution >= 0.6 is 34.8 Å². The van der Waals surface area contributed by atoms with Crippen molar-refractivity contribution in [3.8, 4) is 5.75 Å². The van der Waals surface area contributed by atoms with Gasteiger partial charge in [-0.2, -0.15) is 0 Å². The van der Waals surface area contributed by atoms with Crippen LogP contribution in [0.5, 0.6) is 5.75 Å². The summed E-state index contributed by atoms with van der Waals surface area (Å²) in [5.74, 6) is 0.411. The summed E-state index contributed by atoms with van der Waals surface area (Å²) in [6.45, 7) is 2.80. The maximum Gasteiger partial charge on any atom is 0.305 e. The minimum absolute atomic E-state index is 0.128. The van der Waals surface area contributed by atoms with E-state index in [0.717, 1.165) is 25.7 Å². The Morgan fingerprint density at radius 1 is 1.00 bits per heavy atom. The van der Waals surface area contributed by atoms with Gasteiger partial charge in [0, 0.05) is 12.5 Å². The van der Waals surface area contributed by atoms with Gasteiger partial charge in [0.25, 0.3) is 0 Å². The standard InChI is InChI=1S/C15H19Cl3O3/c1-2-20-15(19)7-5-3-4-6-8-21-14-10-12(17)11(16)9-13(14)18/h9-10H,2-8H2,1H3. The lowest BCUT2D eigenvalue weighted by Crippen LogP contribution is -2.03. The van der Waals surface area contributed by atoms with Gasteiger partial charge >= 0.3 is 5.97 Å². The molecule has 21 heavy (non-hydrogen) atoms. The summed E-state index contributed by atoms with van der Waals surface area (Å²) in [5, 5.41) is 1.28. The maximum atomic E-state index is 11.1. The molecule has 0 saturated carbocycles. The van der Waals surface area contributed by atoms with E-state index >= 15 is 0 Å². The van der Waals surface area contributed by atoms with Crippen molar-refractivity contribution in [1.82, 2.24) is 0 Å². The van der Waals surface area contributed by atoms with Gasteiger partial charge in [0.2, 0.25) is 0 Å². The number of benzene rings is 1. The first-order valence-electron chi connectivity index (χ1n) is 6.97. The highest BCUT2D eigenvalue weighted by atomic mass is 35.5. The number of ether oxygens (including phenoxy) is 2. The van der Waals surface area contributed by atoms with Crippen LogP contribution < -0.4 is 4.74 Å². The molecule has 0 aromatic heterocycles. The van der Waals surface area contributed by atoms with Gasteiger partial charge in [-0.15, -0.1) is 0 Å². The number of carbonyl (C=O) groups excluding carboxylic acids is 1. The Balaban J connectivity index is 2.15. The van der Waals surface area contributed by atoms with E-state index in [9.17, 15) is 4.79 Å². The third-order valence-corrected chi connectivity index (χ3v) is 3.83. The fraction of sp³-hybridized carbons (Fsp3) is 0.533. The van der Waals surface area contributed by atoms with Crippen molar-refractivity contribution in [2.45, 2.75) is 39.0 Å². The highest BCUT2D eigenvalue weighted by Gasteiger charge is 2.07. The average Bonchev–Trinajstić information content (AvgIpc) is 2.43. The SMILES string of the molecule is CCOC(=O)CCCCCCOc1cc(Cl)c(Cl)cc1Cl. The highest BCUT2D eigenvalue weighted by molar-refractivity contribution is 6.43. The number of hydrogen-bond acceptors (Lipinski definition) is 3. The summed E-state index contributed by atoms with van der Waals surface area (Å²) < 4.78 is 10.4. The second-order valence-electron chi connectivity index (χ2n) is 4.51. The van der Waals surface area contributed by atoms with Crippen LogP contribution in [-0.4, -0.2) is 19.2 Å². The normalized spacial score (nSPS) is 10.5. The van der Waals surface area contributed by atoms with E-state index in [1.54, 1.807) is 12.1 Å². The Labute approximate surface area is 140 Å². The van der Waals surface area contributed by atoms with Crippen LogP contribution in [0.2, 0.25) is 15.1 Å². The number of halogens is 3. The van der Waals surface area contributed by atoms with Crippen LogP contribution in [0.1, 0.15) is 39.0 Å². The van der Waals surface area contributed by atoms with Crippen LogP contribution in [-0.2, 0) is 9.53 Å². The molecule has 0 radical (unpaired) electrons. The molecule has 1 aromatic rings. The van der Waals surface area contributed by atoms with Gasteiger partial charge < -0.3 is 9.47 Å². The molecular formula is C15H19Cl3O3. The lowest BCUT2D eigenvalue weighted by Gasteiger charge is -2.09. The second-order valence-corrected chi connectivity index (χ2v) is 5.74.